The van der Waals surface area contributed by atoms with E-state index in [2.05, 4.69) is 5.32 Å². The first-order chi connectivity index (χ1) is 13.9. The molecule has 1 aromatic rings. The molecule has 7 heteroatoms. The number of carbonyl (C=O) groups is 1. The quantitative estimate of drug-likeness (QED) is 0.528. The molecule has 0 aromatic heterocycles. The lowest BCUT2D eigenvalue weighted by Crippen LogP contribution is -2.50. The van der Waals surface area contributed by atoms with Gasteiger partial charge in [0.25, 0.3) is 0 Å². The standard InChI is InChI=1S/C22H21Cl2N3OS/c23-17-1-2-19(18(24)6-17)27-21(16(10-25)11-26)29-12-20(28)22-7-13-3-14(8-22)5-15(4-13)9-22/h1-2,6,13-15,27H,3-5,7-9,12H2. The first-order valence-corrected chi connectivity index (χ1v) is 11.6. The van der Waals surface area contributed by atoms with Crippen molar-refractivity contribution in [1.82, 2.24) is 0 Å². The molecule has 150 valence electrons. The van der Waals surface area contributed by atoms with Crippen LogP contribution in [-0.4, -0.2) is 11.5 Å². The third-order valence-corrected chi connectivity index (χ3v) is 8.16. The molecule has 0 spiro atoms. The van der Waals surface area contributed by atoms with Crippen molar-refractivity contribution in [3.8, 4) is 12.1 Å². The number of halogens is 2. The average molecular weight is 446 g/mol. The number of nitrogens with one attached hydrogen (secondary N) is 1. The van der Waals surface area contributed by atoms with Gasteiger partial charge in [-0.15, -0.1) is 0 Å². The van der Waals surface area contributed by atoms with Gasteiger partial charge in [-0.3, -0.25) is 4.79 Å². The summed E-state index contributed by atoms with van der Waals surface area (Å²) in [5.74, 6) is 2.62. The molecular weight excluding hydrogens is 425 g/mol. The molecule has 0 radical (unpaired) electrons. The third-order valence-electron chi connectivity index (χ3n) is 6.61. The fourth-order valence-electron chi connectivity index (χ4n) is 5.75. The maximum absolute atomic E-state index is 13.3. The van der Waals surface area contributed by atoms with E-state index in [9.17, 15) is 15.3 Å². The van der Waals surface area contributed by atoms with E-state index in [1.54, 1.807) is 18.2 Å². The molecule has 0 unspecified atom stereocenters. The number of ketones is 1. The highest BCUT2D eigenvalue weighted by molar-refractivity contribution is 8.03. The van der Waals surface area contributed by atoms with Crippen LogP contribution in [0.15, 0.2) is 28.8 Å². The van der Waals surface area contributed by atoms with E-state index in [0.29, 0.717) is 38.5 Å². The molecule has 0 saturated heterocycles. The van der Waals surface area contributed by atoms with Crippen molar-refractivity contribution in [3.05, 3.63) is 38.8 Å². The summed E-state index contributed by atoms with van der Waals surface area (Å²) >= 11 is 13.4. The van der Waals surface area contributed by atoms with Crippen LogP contribution in [0, 0.1) is 45.8 Å². The molecule has 4 aliphatic carbocycles. The molecule has 1 N–H and O–H groups in total. The second-order valence-corrected chi connectivity index (χ2v) is 10.4. The number of Topliss-reactive ketones (excluding diaryl/α,β-unsaturated/α-hetero) is 1. The predicted molar refractivity (Wildman–Crippen MR) is 116 cm³/mol. The molecule has 4 nitrogen and oxygen atoms in total. The van der Waals surface area contributed by atoms with E-state index in [-0.39, 0.29) is 22.5 Å². The van der Waals surface area contributed by atoms with E-state index in [4.69, 9.17) is 23.2 Å². The highest BCUT2D eigenvalue weighted by atomic mass is 35.5. The monoisotopic (exact) mass is 445 g/mol. The lowest BCUT2D eigenvalue weighted by Gasteiger charge is -2.56. The van der Waals surface area contributed by atoms with Crippen LogP contribution in [0.4, 0.5) is 5.69 Å². The minimum Gasteiger partial charge on any atom is -0.347 e. The van der Waals surface area contributed by atoms with Crippen molar-refractivity contribution >= 4 is 46.4 Å². The first kappa shape index (κ1) is 20.6. The number of carbonyl (C=O) groups excluding carboxylic acids is 1. The van der Waals surface area contributed by atoms with Crippen LogP contribution >= 0.6 is 35.0 Å². The van der Waals surface area contributed by atoms with Crippen LogP contribution in [0.5, 0.6) is 0 Å². The lowest BCUT2D eigenvalue weighted by molar-refractivity contribution is -0.141. The summed E-state index contributed by atoms with van der Waals surface area (Å²) in [5, 5.41) is 23.0. The number of rotatable bonds is 6. The van der Waals surface area contributed by atoms with Gasteiger partial charge in [-0.25, -0.2) is 0 Å². The highest BCUT2D eigenvalue weighted by Gasteiger charge is 2.54. The van der Waals surface area contributed by atoms with Gasteiger partial charge in [0.1, 0.15) is 23.0 Å². The van der Waals surface area contributed by atoms with E-state index in [1.807, 2.05) is 12.1 Å². The Morgan fingerprint density at radius 1 is 1.10 bits per heavy atom. The Hall–Kier alpha value is -1.66. The fourth-order valence-corrected chi connectivity index (χ4v) is 7.21. The van der Waals surface area contributed by atoms with Gasteiger partial charge in [0, 0.05) is 10.4 Å². The van der Waals surface area contributed by atoms with Gasteiger partial charge in [-0.05, 0) is 74.5 Å². The molecule has 1 aromatic carbocycles. The Kier molecular flexibility index (Phi) is 5.85. The smallest absolute Gasteiger partial charge is 0.159 e. The summed E-state index contributed by atoms with van der Waals surface area (Å²) in [7, 11) is 0. The first-order valence-electron chi connectivity index (χ1n) is 9.85. The van der Waals surface area contributed by atoms with E-state index >= 15 is 0 Å². The fraction of sp³-hybridized carbons (Fsp3) is 0.500. The molecule has 4 saturated carbocycles. The molecule has 0 atom stereocenters. The van der Waals surface area contributed by atoms with Crippen LogP contribution in [0.3, 0.4) is 0 Å². The molecule has 0 amide bonds. The molecule has 4 bridgehead atoms. The number of hydrogen-bond donors (Lipinski definition) is 1. The zero-order valence-corrected chi connectivity index (χ0v) is 18.2. The van der Waals surface area contributed by atoms with Gasteiger partial charge < -0.3 is 5.32 Å². The van der Waals surface area contributed by atoms with Gasteiger partial charge in [-0.2, -0.15) is 10.5 Å². The largest absolute Gasteiger partial charge is 0.347 e. The Morgan fingerprint density at radius 2 is 1.69 bits per heavy atom. The zero-order chi connectivity index (χ0) is 20.6. The summed E-state index contributed by atoms with van der Waals surface area (Å²) in [6.45, 7) is 0. The topological polar surface area (TPSA) is 76.7 Å². The summed E-state index contributed by atoms with van der Waals surface area (Å²) in [5.41, 5.74) is 0.299. The van der Waals surface area contributed by atoms with Crippen molar-refractivity contribution in [2.75, 3.05) is 11.1 Å². The normalized spacial score (nSPS) is 29.0. The summed E-state index contributed by atoms with van der Waals surface area (Å²) in [6.07, 6.45) is 6.89. The Bertz CT molecular complexity index is 909. The summed E-state index contributed by atoms with van der Waals surface area (Å²) in [4.78, 5) is 13.3. The second-order valence-electron chi connectivity index (χ2n) is 8.59. The number of anilines is 1. The molecule has 5 rings (SSSR count). The lowest BCUT2D eigenvalue weighted by atomic mass is 9.48. The van der Waals surface area contributed by atoms with Crippen molar-refractivity contribution < 1.29 is 4.79 Å². The van der Waals surface area contributed by atoms with E-state index < -0.39 is 0 Å². The SMILES string of the molecule is N#CC(C#N)=C(Nc1ccc(Cl)cc1Cl)SCC(=O)C12CC3CC(CC(C3)C1)C2. The highest BCUT2D eigenvalue weighted by Crippen LogP contribution is 2.60. The number of hydrogen-bond acceptors (Lipinski definition) is 5. The molecule has 4 aliphatic rings. The maximum Gasteiger partial charge on any atom is 0.159 e. The second kappa shape index (κ2) is 8.23. The Morgan fingerprint density at radius 3 is 2.21 bits per heavy atom. The van der Waals surface area contributed by atoms with Crippen LogP contribution in [0.2, 0.25) is 10.0 Å². The Labute approximate surface area is 185 Å². The van der Waals surface area contributed by atoms with E-state index in [0.717, 1.165) is 19.3 Å². The maximum atomic E-state index is 13.3. The summed E-state index contributed by atoms with van der Waals surface area (Å²) in [6, 6.07) is 8.79. The average Bonchev–Trinajstić information content (AvgIpc) is 2.67. The van der Waals surface area contributed by atoms with Crippen LogP contribution in [-0.2, 0) is 4.79 Å². The van der Waals surface area contributed by atoms with Gasteiger partial charge >= 0.3 is 0 Å². The van der Waals surface area contributed by atoms with E-state index in [1.165, 1.54) is 31.0 Å². The molecule has 4 fully saturated rings. The third kappa shape index (κ3) is 4.15. The van der Waals surface area contributed by atoms with Crippen LogP contribution in [0.1, 0.15) is 38.5 Å². The molecule has 0 heterocycles. The molecule has 29 heavy (non-hydrogen) atoms. The van der Waals surface area contributed by atoms with Crippen molar-refractivity contribution in [2.45, 2.75) is 38.5 Å². The van der Waals surface area contributed by atoms with Gasteiger partial charge in [0.2, 0.25) is 0 Å². The van der Waals surface area contributed by atoms with Crippen molar-refractivity contribution in [2.24, 2.45) is 23.2 Å². The number of nitriles is 2. The molecule has 0 aliphatic heterocycles. The number of thioether (sulfide) groups is 1. The predicted octanol–water partition coefficient (Wildman–Crippen LogP) is 6.18. The number of benzene rings is 1. The molecular formula is C22H21Cl2N3OS. The van der Waals surface area contributed by atoms with Gasteiger partial charge in [0.05, 0.1) is 16.5 Å². The van der Waals surface area contributed by atoms with Gasteiger partial charge in [0.15, 0.2) is 5.57 Å². The minimum atomic E-state index is -0.190. The minimum absolute atomic E-state index is 0.0562. The Balaban J connectivity index is 1.50. The van der Waals surface area contributed by atoms with Crippen LogP contribution in [0.25, 0.3) is 0 Å². The zero-order valence-electron chi connectivity index (χ0n) is 15.9. The van der Waals surface area contributed by atoms with Crippen LogP contribution < -0.4 is 5.32 Å². The number of allylic oxidation sites excluding steroid dienone is 1. The van der Waals surface area contributed by atoms with Crippen molar-refractivity contribution in [3.63, 3.8) is 0 Å². The van der Waals surface area contributed by atoms with Gasteiger partial charge in [-0.1, -0.05) is 35.0 Å². The number of nitrogens with zero attached hydrogens (tertiary/aromatic N) is 2. The van der Waals surface area contributed by atoms with Crippen molar-refractivity contribution in [1.29, 1.82) is 10.5 Å². The summed E-state index contributed by atoms with van der Waals surface area (Å²) < 4.78 is 0.